The van der Waals surface area contributed by atoms with Gasteiger partial charge in [0, 0.05) is 6.04 Å². The summed E-state index contributed by atoms with van der Waals surface area (Å²) in [6, 6.07) is 3.04. The van der Waals surface area contributed by atoms with Gasteiger partial charge in [-0.25, -0.2) is 0 Å². The second-order valence-electron chi connectivity index (χ2n) is 5.51. The van der Waals surface area contributed by atoms with Crippen molar-refractivity contribution in [3.63, 3.8) is 0 Å². The highest BCUT2D eigenvalue weighted by Gasteiger charge is 2.48. The predicted molar refractivity (Wildman–Crippen MR) is 69.2 cm³/mol. The Kier molecular flexibility index (Phi) is 2.84. The second-order valence-corrected chi connectivity index (χ2v) is 5.92. The van der Waals surface area contributed by atoms with E-state index in [4.69, 9.17) is 11.6 Å². The molecular formula is C13H17ClN4. The van der Waals surface area contributed by atoms with Gasteiger partial charge >= 0.3 is 0 Å². The van der Waals surface area contributed by atoms with Crippen molar-refractivity contribution >= 4 is 11.6 Å². The fourth-order valence-corrected chi connectivity index (χ4v) is 2.58. The van der Waals surface area contributed by atoms with Gasteiger partial charge in [-0.05, 0) is 38.5 Å². The van der Waals surface area contributed by atoms with E-state index in [1.54, 1.807) is 6.20 Å². The molecule has 1 N–H and O–H groups in total. The molecule has 1 heterocycles. The van der Waals surface area contributed by atoms with E-state index >= 15 is 0 Å². The van der Waals surface area contributed by atoms with Crippen molar-refractivity contribution in [1.82, 2.24) is 15.1 Å². The van der Waals surface area contributed by atoms with Gasteiger partial charge in [0.25, 0.3) is 0 Å². The third-order valence-electron chi connectivity index (χ3n) is 3.96. The molecule has 0 spiro atoms. The lowest BCUT2D eigenvalue weighted by Crippen LogP contribution is -2.51. The summed E-state index contributed by atoms with van der Waals surface area (Å²) in [5.74, 6) is 0.463. The molecule has 96 valence electrons. The molecule has 0 aromatic carbocycles. The first kappa shape index (κ1) is 12.0. The monoisotopic (exact) mass is 264 g/mol. The predicted octanol–water partition coefficient (Wildman–Crippen LogP) is 2.27. The van der Waals surface area contributed by atoms with Gasteiger partial charge < -0.3 is 0 Å². The number of aromatic nitrogens is 2. The highest BCUT2D eigenvalue weighted by molar-refractivity contribution is 6.31. The van der Waals surface area contributed by atoms with Crippen LogP contribution in [-0.4, -0.2) is 21.4 Å². The molecule has 2 aliphatic carbocycles. The van der Waals surface area contributed by atoms with Crippen LogP contribution in [0.2, 0.25) is 5.02 Å². The summed E-state index contributed by atoms with van der Waals surface area (Å²) in [4.78, 5) is 0. The maximum absolute atomic E-state index is 9.64. The smallest absolute Gasteiger partial charge is 0.129 e. The molecule has 1 unspecified atom stereocenters. The highest BCUT2D eigenvalue weighted by Crippen LogP contribution is 2.42. The van der Waals surface area contributed by atoms with Crippen molar-refractivity contribution in [2.24, 2.45) is 5.92 Å². The van der Waals surface area contributed by atoms with Gasteiger partial charge in [-0.15, -0.1) is 0 Å². The van der Waals surface area contributed by atoms with Gasteiger partial charge in [-0.3, -0.25) is 10.00 Å². The molecule has 0 aliphatic heterocycles. The van der Waals surface area contributed by atoms with Crippen molar-refractivity contribution in [3.8, 4) is 6.07 Å². The number of hydrogen-bond donors (Lipinski definition) is 1. The Hall–Kier alpha value is -1.05. The van der Waals surface area contributed by atoms with E-state index in [1.165, 1.54) is 12.8 Å². The largest absolute Gasteiger partial charge is 0.295 e. The molecule has 0 bridgehead atoms. The van der Waals surface area contributed by atoms with Crippen LogP contribution in [0.25, 0.3) is 0 Å². The van der Waals surface area contributed by atoms with E-state index in [-0.39, 0.29) is 0 Å². The Morgan fingerprint density at radius 3 is 2.72 bits per heavy atom. The molecule has 1 atom stereocenters. The maximum atomic E-state index is 9.64. The summed E-state index contributed by atoms with van der Waals surface area (Å²) in [6.45, 7) is 2.55. The average Bonchev–Trinajstić information content (AvgIpc) is 3.25. The number of hydrogen-bond acceptors (Lipinski definition) is 3. The molecule has 18 heavy (non-hydrogen) atoms. The minimum absolute atomic E-state index is 0.457. The van der Waals surface area contributed by atoms with Crippen molar-refractivity contribution in [2.75, 3.05) is 0 Å². The zero-order valence-electron chi connectivity index (χ0n) is 10.5. The Morgan fingerprint density at radius 1 is 1.56 bits per heavy atom. The summed E-state index contributed by atoms with van der Waals surface area (Å²) in [5, 5.41) is 18.1. The van der Waals surface area contributed by atoms with E-state index in [1.807, 2.05) is 11.6 Å². The summed E-state index contributed by atoms with van der Waals surface area (Å²) >= 11 is 6.03. The first-order valence-corrected chi connectivity index (χ1v) is 6.89. The minimum atomic E-state index is -0.457. The first-order chi connectivity index (χ1) is 8.64. The maximum Gasteiger partial charge on any atom is 0.129 e. The molecule has 5 heteroatoms. The molecule has 4 nitrogen and oxygen atoms in total. The van der Waals surface area contributed by atoms with E-state index in [0.29, 0.717) is 23.5 Å². The third kappa shape index (κ3) is 2.13. The van der Waals surface area contributed by atoms with E-state index in [2.05, 4.69) is 16.5 Å². The number of nitrogens with one attached hydrogen (secondary N) is 1. The fraction of sp³-hybridized carbons (Fsp3) is 0.692. The Balaban J connectivity index is 1.84. The van der Waals surface area contributed by atoms with Crippen LogP contribution in [-0.2, 0) is 6.54 Å². The van der Waals surface area contributed by atoms with E-state index in [0.717, 1.165) is 18.5 Å². The van der Waals surface area contributed by atoms with Crippen LogP contribution in [0, 0.1) is 24.2 Å². The quantitative estimate of drug-likeness (QED) is 0.888. The van der Waals surface area contributed by atoms with Gasteiger partial charge in [0.15, 0.2) is 0 Å². The van der Waals surface area contributed by atoms with Crippen LogP contribution in [0.1, 0.15) is 31.4 Å². The van der Waals surface area contributed by atoms with Crippen molar-refractivity contribution in [2.45, 2.75) is 50.7 Å². The SMILES string of the molecule is Cc1c(Cl)cnn1CC(C#N)(NC1CC1)C1CC1. The van der Waals surface area contributed by atoms with Gasteiger partial charge in [0.2, 0.25) is 0 Å². The van der Waals surface area contributed by atoms with Crippen molar-refractivity contribution in [1.29, 1.82) is 5.26 Å². The molecule has 3 rings (SSSR count). The molecule has 1 aromatic heterocycles. The summed E-state index contributed by atoms with van der Waals surface area (Å²) < 4.78 is 1.86. The fourth-order valence-electron chi connectivity index (χ4n) is 2.44. The standard InChI is InChI=1S/C13H17ClN4/c1-9-12(14)6-16-18(9)8-13(7-15,10-2-3-10)17-11-4-5-11/h6,10-11,17H,2-5,8H2,1H3. The summed E-state index contributed by atoms with van der Waals surface area (Å²) in [5.41, 5.74) is 0.482. The first-order valence-electron chi connectivity index (χ1n) is 6.51. The van der Waals surface area contributed by atoms with Gasteiger partial charge in [0.05, 0.1) is 29.5 Å². The Labute approximate surface area is 112 Å². The third-order valence-corrected chi connectivity index (χ3v) is 4.33. The van der Waals surface area contributed by atoms with Gasteiger partial charge in [-0.2, -0.15) is 10.4 Å². The highest BCUT2D eigenvalue weighted by atomic mass is 35.5. The topological polar surface area (TPSA) is 53.6 Å². The molecule has 0 saturated heterocycles. The lowest BCUT2D eigenvalue weighted by Gasteiger charge is -2.28. The molecule has 0 radical (unpaired) electrons. The molecule has 0 amide bonds. The van der Waals surface area contributed by atoms with Crippen molar-refractivity contribution < 1.29 is 0 Å². The van der Waals surface area contributed by atoms with E-state index < -0.39 is 5.54 Å². The van der Waals surface area contributed by atoms with Crippen molar-refractivity contribution in [3.05, 3.63) is 16.9 Å². The average molecular weight is 265 g/mol. The lowest BCUT2D eigenvalue weighted by atomic mass is 9.94. The summed E-state index contributed by atoms with van der Waals surface area (Å²) in [6.07, 6.45) is 6.32. The van der Waals surface area contributed by atoms with Crippen LogP contribution >= 0.6 is 11.6 Å². The second kappa shape index (κ2) is 4.25. The van der Waals surface area contributed by atoms with Crippen LogP contribution in [0.15, 0.2) is 6.20 Å². The Morgan fingerprint density at radius 2 is 2.28 bits per heavy atom. The van der Waals surface area contributed by atoms with Gasteiger partial charge in [-0.1, -0.05) is 11.6 Å². The number of halogens is 1. The zero-order valence-corrected chi connectivity index (χ0v) is 11.2. The summed E-state index contributed by atoms with van der Waals surface area (Å²) in [7, 11) is 0. The number of rotatable bonds is 5. The van der Waals surface area contributed by atoms with Crippen LogP contribution in [0.3, 0.4) is 0 Å². The number of nitrogens with zero attached hydrogens (tertiary/aromatic N) is 3. The molecule has 2 aliphatic rings. The molecule has 1 aromatic rings. The van der Waals surface area contributed by atoms with Gasteiger partial charge in [0.1, 0.15) is 5.54 Å². The minimum Gasteiger partial charge on any atom is -0.295 e. The normalized spacial score (nSPS) is 22.5. The lowest BCUT2D eigenvalue weighted by molar-refractivity contribution is 0.299. The number of nitriles is 1. The zero-order chi connectivity index (χ0) is 12.8. The molecule has 2 fully saturated rings. The van der Waals surface area contributed by atoms with Crippen LogP contribution in [0.4, 0.5) is 0 Å². The van der Waals surface area contributed by atoms with Crippen LogP contribution < -0.4 is 5.32 Å². The Bertz CT molecular complexity index is 496. The van der Waals surface area contributed by atoms with E-state index in [9.17, 15) is 5.26 Å². The molecule has 2 saturated carbocycles. The van der Waals surface area contributed by atoms with Crippen LogP contribution in [0.5, 0.6) is 0 Å². The molecular weight excluding hydrogens is 248 g/mol.